The molecule has 0 fully saturated rings. The number of fused-ring (bicyclic) bond motifs is 1. The van der Waals surface area contributed by atoms with Crippen molar-refractivity contribution in [3.63, 3.8) is 0 Å². The summed E-state index contributed by atoms with van der Waals surface area (Å²) in [5, 5.41) is 0. The topological polar surface area (TPSA) is 91.3 Å². The number of ketones is 2. The number of Topliss-reactive ketones (excluding diaryl/α,β-unsaturated/α-hetero) is 2. The highest BCUT2D eigenvalue weighted by atomic mass is 32.2. The van der Waals surface area contributed by atoms with Gasteiger partial charge in [-0.15, -0.1) is 0 Å². The highest BCUT2D eigenvalue weighted by Gasteiger charge is 2.30. The fourth-order valence-corrected chi connectivity index (χ4v) is 2.05. The molecule has 5 nitrogen and oxygen atoms in total. The molecule has 0 amide bonds. The average molecular weight is 237 g/mol. The number of rotatable bonds is 1. The van der Waals surface area contributed by atoms with Crippen LogP contribution in [0.25, 0.3) is 6.08 Å². The van der Waals surface area contributed by atoms with Gasteiger partial charge in [-0.2, -0.15) is 0 Å². The molecule has 0 saturated heterocycles. The highest BCUT2D eigenvalue weighted by molar-refractivity contribution is 7.91. The lowest BCUT2D eigenvalue weighted by molar-refractivity contribution is -0.111. The fourth-order valence-electron chi connectivity index (χ4n) is 1.46. The first kappa shape index (κ1) is 10.7. The van der Waals surface area contributed by atoms with Gasteiger partial charge in [0.2, 0.25) is 11.6 Å². The third kappa shape index (κ3) is 1.58. The van der Waals surface area contributed by atoms with Gasteiger partial charge in [0.15, 0.2) is 0 Å². The van der Waals surface area contributed by atoms with Crippen LogP contribution in [-0.2, 0) is 14.9 Å². The Morgan fingerprint density at radius 2 is 1.62 bits per heavy atom. The van der Waals surface area contributed by atoms with Gasteiger partial charge in [-0.3, -0.25) is 9.59 Å². The van der Waals surface area contributed by atoms with E-state index in [0.717, 1.165) is 6.08 Å². The molecule has 0 radical (unpaired) electrons. The molecule has 2 rings (SSSR count). The lowest BCUT2D eigenvalue weighted by Crippen LogP contribution is -2.25. The normalized spacial score (nSPS) is 15.7. The van der Waals surface area contributed by atoms with E-state index in [0.29, 0.717) is 0 Å². The van der Waals surface area contributed by atoms with Crippen molar-refractivity contribution in [3.05, 3.63) is 40.3 Å². The summed E-state index contributed by atoms with van der Waals surface area (Å²) in [5.74, 6) is -2.23. The van der Waals surface area contributed by atoms with Crippen molar-refractivity contribution in [2.75, 3.05) is 0 Å². The maximum Gasteiger partial charge on any atom is 0.243 e. The molecule has 0 spiro atoms. The fraction of sp³-hybridized carbons (Fsp3) is 0. The summed E-state index contributed by atoms with van der Waals surface area (Å²) in [6.45, 7) is 0. The van der Waals surface area contributed by atoms with Crippen LogP contribution in [0.4, 0.5) is 0 Å². The Morgan fingerprint density at radius 1 is 1.00 bits per heavy atom. The first-order valence-electron chi connectivity index (χ1n) is 4.27. The van der Waals surface area contributed by atoms with E-state index in [1.165, 1.54) is 12.1 Å². The van der Waals surface area contributed by atoms with E-state index in [-0.39, 0.29) is 11.1 Å². The number of carbonyl (C=O) groups excluding carboxylic acids is 2. The second-order valence-electron chi connectivity index (χ2n) is 3.21. The van der Waals surface area contributed by atoms with Crippen LogP contribution in [0.5, 0.6) is 0 Å². The van der Waals surface area contributed by atoms with Crippen LogP contribution in [-0.4, -0.2) is 24.5 Å². The van der Waals surface area contributed by atoms with Crippen LogP contribution in [0.2, 0.25) is 0 Å². The van der Waals surface area contributed by atoms with Crippen LogP contribution in [0, 0.1) is 0 Å². The van der Waals surface area contributed by atoms with Crippen LogP contribution in [0.3, 0.4) is 0 Å². The molecule has 0 aromatic heterocycles. The standard InChI is InChI=1S/C10H6O5S/c11-9-7-4-2-1-3-6(7)5-8(10(9)12)16(13,14)15/h1-5H,(H,13,14,15)/p-1. The number of benzene rings is 1. The van der Waals surface area contributed by atoms with E-state index in [2.05, 4.69) is 0 Å². The predicted octanol–water partition coefficient (Wildman–Crippen LogP) is 0.338. The van der Waals surface area contributed by atoms with Crippen molar-refractivity contribution in [3.8, 4) is 0 Å². The lowest BCUT2D eigenvalue weighted by Gasteiger charge is -2.16. The van der Waals surface area contributed by atoms with Crippen molar-refractivity contribution in [2.24, 2.45) is 0 Å². The summed E-state index contributed by atoms with van der Waals surface area (Å²) in [4.78, 5) is 21.8. The van der Waals surface area contributed by atoms with Crippen LogP contribution in [0.15, 0.2) is 29.2 Å². The number of hydrogen-bond acceptors (Lipinski definition) is 5. The van der Waals surface area contributed by atoms with Crippen molar-refractivity contribution < 1.29 is 22.6 Å². The summed E-state index contributed by atoms with van der Waals surface area (Å²) in [5.41, 5.74) is 0.376. The van der Waals surface area contributed by atoms with Crippen molar-refractivity contribution in [1.29, 1.82) is 0 Å². The zero-order valence-electron chi connectivity index (χ0n) is 7.84. The smallest absolute Gasteiger partial charge is 0.243 e. The number of hydrogen-bond donors (Lipinski definition) is 0. The predicted molar refractivity (Wildman–Crippen MR) is 53.5 cm³/mol. The Labute approximate surface area is 91.1 Å². The first-order chi connectivity index (χ1) is 7.41. The van der Waals surface area contributed by atoms with Gasteiger partial charge in [0, 0.05) is 5.56 Å². The molecule has 0 bridgehead atoms. The zero-order valence-corrected chi connectivity index (χ0v) is 8.65. The minimum atomic E-state index is -4.91. The highest BCUT2D eigenvalue weighted by Crippen LogP contribution is 2.23. The van der Waals surface area contributed by atoms with Crippen molar-refractivity contribution in [1.82, 2.24) is 0 Å². The first-order valence-corrected chi connectivity index (χ1v) is 5.68. The van der Waals surface area contributed by atoms with Gasteiger partial charge in [0.1, 0.15) is 15.0 Å². The van der Waals surface area contributed by atoms with E-state index in [9.17, 15) is 22.6 Å². The quantitative estimate of drug-likeness (QED) is 0.518. The third-order valence-electron chi connectivity index (χ3n) is 2.19. The molecule has 0 unspecified atom stereocenters. The van der Waals surface area contributed by atoms with E-state index in [1.54, 1.807) is 12.1 Å². The Morgan fingerprint density at radius 3 is 2.25 bits per heavy atom. The molecule has 0 aliphatic heterocycles. The lowest BCUT2D eigenvalue weighted by atomic mass is 9.95. The summed E-state index contributed by atoms with van der Waals surface area (Å²) in [6, 6.07) is 5.99. The molecule has 0 N–H and O–H groups in total. The van der Waals surface area contributed by atoms with Gasteiger partial charge in [0.05, 0.1) is 0 Å². The van der Waals surface area contributed by atoms with E-state index >= 15 is 0 Å². The average Bonchev–Trinajstić information content (AvgIpc) is 2.22. The van der Waals surface area contributed by atoms with Gasteiger partial charge in [-0.1, -0.05) is 24.3 Å². The summed E-state index contributed by atoms with van der Waals surface area (Å²) in [7, 11) is -4.91. The second-order valence-corrected chi connectivity index (χ2v) is 4.56. The molecule has 0 saturated carbocycles. The Kier molecular flexibility index (Phi) is 2.25. The van der Waals surface area contributed by atoms with Gasteiger partial charge in [-0.25, -0.2) is 8.42 Å². The Balaban J connectivity index is 2.75. The minimum absolute atomic E-state index is 0.111. The zero-order chi connectivity index (χ0) is 11.9. The second kappa shape index (κ2) is 3.36. The van der Waals surface area contributed by atoms with Crippen LogP contribution >= 0.6 is 0 Å². The molecule has 0 atom stereocenters. The Hall–Kier alpha value is -1.79. The van der Waals surface area contributed by atoms with E-state index in [1.807, 2.05) is 0 Å². The molecule has 1 aromatic rings. The number of allylic oxidation sites excluding steroid dienone is 1. The molecule has 1 aliphatic rings. The number of carbonyl (C=O) groups is 2. The van der Waals surface area contributed by atoms with Crippen LogP contribution < -0.4 is 0 Å². The van der Waals surface area contributed by atoms with Crippen molar-refractivity contribution >= 4 is 27.8 Å². The Bertz CT molecular complexity index is 624. The van der Waals surface area contributed by atoms with E-state index in [4.69, 9.17) is 0 Å². The third-order valence-corrected chi connectivity index (χ3v) is 3.03. The molecular formula is C10H5O5S-. The van der Waals surface area contributed by atoms with Gasteiger partial charge < -0.3 is 4.55 Å². The molecule has 82 valence electrons. The maximum atomic E-state index is 11.5. The molecule has 6 heteroatoms. The van der Waals surface area contributed by atoms with Crippen LogP contribution in [0.1, 0.15) is 15.9 Å². The summed E-state index contributed by atoms with van der Waals surface area (Å²) in [6.07, 6.45) is 0.932. The molecule has 16 heavy (non-hydrogen) atoms. The molecule has 1 aliphatic carbocycles. The summed E-state index contributed by atoms with van der Waals surface area (Å²) >= 11 is 0. The minimum Gasteiger partial charge on any atom is -0.744 e. The van der Waals surface area contributed by atoms with Crippen molar-refractivity contribution in [2.45, 2.75) is 0 Å². The maximum absolute atomic E-state index is 11.5. The van der Waals surface area contributed by atoms with Gasteiger partial charge in [0.25, 0.3) is 0 Å². The SMILES string of the molecule is O=C1C(=O)c2ccccc2C=C1S(=O)(=O)[O-]. The molecule has 1 aromatic carbocycles. The monoisotopic (exact) mass is 237 g/mol. The molecular weight excluding hydrogens is 232 g/mol. The largest absolute Gasteiger partial charge is 0.744 e. The summed E-state index contributed by atoms with van der Waals surface area (Å²) < 4.78 is 32.3. The molecule has 0 heterocycles. The van der Waals surface area contributed by atoms with E-state index < -0.39 is 26.6 Å². The van der Waals surface area contributed by atoms with Gasteiger partial charge >= 0.3 is 0 Å². The van der Waals surface area contributed by atoms with Gasteiger partial charge in [-0.05, 0) is 11.6 Å².